The highest BCUT2D eigenvalue weighted by molar-refractivity contribution is 5.97. The van der Waals surface area contributed by atoms with Crippen LogP contribution in [-0.2, 0) is 14.3 Å². The minimum absolute atomic E-state index is 0.0266. The molecule has 4 aliphatic carbocycles. The maximum Gasteiger partial charge on any atom is 0.333 e. The van der Waals surface area contributed by atoms with E-state index in [4.69, 9.17) is 4.74 Å². The molecule has 0 amide bonds. The lowest BCUT2D eigenvalue weighted by molar-refractivity contribution is -0.246. The average Bonchev–Trinajstić information content (AvgIpc) is 3.16. The average molecular weight is 489 g/mol. The lowest BCUT2D eigenvalue weighted by atomic mass is 9.42. The summed E-state index contributed by atoms with van der Waals surface area (Å²) < 4.78 is 5.77. The molecule has 3 fully saturated rings. The highest BCUT2D eigenvalue weighted by Gasteiger charge is 2.71. The Kier molecular flexibility index (Phi) is 5.91. The van der Waals surface area contributed by atoms with Crippen molar-refractivity contribution in [2.75, 3.05) is 6.61 Å². The highest BCUT2D eigenvalue weighted by Crippen LogP contribution is 2.68. The van der Waals surface area contributed by atoms with Crippen molar-refractivity contribution in [1.82, 2.24) is 0 Å². The van der Waals surface area contributed by atoms with Crippen LogP contribution in [0.4, 0.5) is 0 Å². The van der Waals surface area contributed by atoms with E-state index < -0.39 is 34.7 Å². The zero-order chi connectivity index (χ0) is 25.5. The Morgan fingerprint density at radius 2 is 1.80 bits per heavy atom. The van der Waals surface area contributed by atoms with Gasteiger partial charge in [-0.1, -0.05) is 18.6 Å². The maximum absolute atomic E-state index is 13.2. The number of hydrogen-bond donors (Lipinski definition) is 4. The van der Waals surface area contributed by atoms with Crippen molar-refractivity contribution in [2.45, 2.75) is 90.1 Å². The topological polar surface area (TPSA) is 124 Å². The summed E-state index contributed by atoms with van der Waals surface area (Å²) in [4.78, 5) is 25.7. The number of esters is 1. The van der Waals surface area contributed by atoms with E-state index in [2.05, 4.69) is 6.92 Å². The van der Waals surface area contributed by atoms with Crippen LogP contribution in [0.25, 0.3) is 0 Å². The number of carbonyl (C=O) groups is 2. The molecule has 0 spiro atoms. The van der Waals surface area contributed by atoms with E-state index in [0.29, 0.717) is 24.8 Å². The van der Waals surface area contributed by atoms with E-state index in [9.17, 15) is 30.0 Å². The Morgan fingerprint density at radius 1 is 1.09 bits per heavy atom. The number of carbonyl (C=O) groups excluding carboxylic acids is 2. The number of fused-ring (bicyclic) bond motifs is 5. The second kappa shape index (κ2) is 8.23. The quantitative estimate of drug-likeness (QED) is 0.450. The van der Waals surface area contributed by atoms with E-state index in [-0.39, 0.29) is 54.4 Å². The van der Waals surface area contributed by atoms with Gasteiger partial charge in [-0.05, 0) is 88.0 Å². The van der Waals surface area contributed by atoms with Crippen LogP contribution in [0.2, 0.25) is 0 Å². The fourth-order valence-corrected chi connectivity index (χ4v) is 9.07. The summed E-state index contributed by atoms with van der Waals surface area (Å²) in [5.41, 5.74) is -1.64. The van der Waals surface area contributed by atoms with Crippen LogP contribution in [0.1, 0.15) is 66.2 Å². The van der Waals surface area contributed by atoms with Crippen LogP contribution in [-0.4, -0.2) is 62.7 Å². The predicted molar refractivity (Wildman–Crippen MR) is 128 cm³/mol. The van der Waals surface area contributed by atoms with Gasteiger partial charge < -0.3 is 25.2 Å². The molecule has 194 valence electrons. The predicted octanol–water partition coefficient (Wildman–Crippen LogP) is 2.31. The van der Waals surface area contributed by atoms with E-state index in [0.717, 1.165) is 18.4 Å². The van der Waals surface area contributed by atoms with Gasteiger partial charge in [-0.2, -0.15) is 0 Å². The van der Waals surface area contributed by atoms with Gasteiger partial charge in [0, 0.05) is 24.5 Å². The first-order valence-corrected chi connectivity index (χ1v) is 13.2. The van der Waals surface area contributed by atoms with Crippen LogP contribution < -0.4 is 0 Å². The summed E-state index contributed by atoms with van der Waals surface area (Å²) in [6.07, 6.45) is 4.11. The van der Waals surface area contributed by atoms with Gasteiger partial charge in [0.1, 0.15) is 11.7 Å². The van der Waals surface area contributed by atoms with Gasteiger partial charge in [0.05, 0.1) is 17.6 Å². The first kappa shape index (κ1) is 25.1. The molecule has 1 heterocycles. The molecule has 0 bridgehead atoms. The molecule has 0 saturated heterocycles. The van der Waals surface area contributed by atoms with Crippen LogP contribution in [0.3, 0.4) is 0 Å². The highest BCUT2D eigenvalue weighted by atomic mass is 16.5. The van der Waals surface area contributed by atoms with Crippen molar-refractivity contribution in [1.29, 1.82) is 0 Å². The van der Waals surface area contributed by atoms with Gasteiger partial charge in [-0.25, -0.2) is 4.79 Å². The molecule has 5 rings (SSSR count). The van der Waals surface area contributed by atoms with Gasteiger partial charge >= 0.3 is 5.97 Å². The molecule has 0 unspecified atom stereocenters. The number of aliphatic hydroxyl groups is 4. The van der Waals surface area contributed by atoms with Crippen molar-refractivity contribution in [3.63, 3.8) is 0 Å². The minimum Gasteiger partial charge on any atom is -0.458 e. The van der Waals surface area contributed by atoms with Gasteiger partial charge in [0.25, 0.3) is 0 Å². The van der Waals surface area contributed by atoms with E-state index >= 15 is 0 Å². The first-order valence-electron chi connectivity index (χ1n) is 13.2. The summed E-state index contributed by atoms with van der Waals surface area (Å²) in [5.74, 6) is -1.12. The number of allylic oxidation sites excluding steroid dienone is 1. The molecule has 1 aliphatic heterocycles. The summed E-state index contributed by atoms with van der Waals surface area (Å²) in [6, 6.07) is 0. The van der Waals surface area contributed by atoms with Crippen molar-refractivity contribution in [3.05, 3.63) is 23.3 Å². The lowest BCUT2D eigenvalue weighted by Gasteiger charge is -2.64. The summed E-state index contributed by atoms with van der Waals surface area (Å²) in [7, 11) is 0. The Balaban J connectivity index is 1.49. The number of cyclic esters (lactones) is 1. The zero-order valence-corrected chi connectivity index (χ0v) is 21.2. The molecule has 11 atom stereocenters. The number of ketones is 1. The second-order valence-electron chi connectivity index (χ2n) is 12.4. The third-order valence-corrected chi connectivity index (χ3v) is 11.4. The van der Waals surface area contributed by atoms with Crippen LogP contribution >= 0.6 is 0 Å². The smallest absolute Gasteiger partial charge is 0.333 e. The molecule has 5 aliphatic rings. The molecule has 7 heteroatoms. The largest absolute Gasteiger partial charge is 0.458 e. The number of hydrogen-bond acceptors (Lipinski definition) is 7. The monoisotopic (exact) mass is 488 g/mol. The Morgan fingerprint density at radius 3 is 2.46 bits per heavy atom. The third-order valence-electron chi connectivity index (χ3n) is 11.4. The zero-order valence-electron chi connectivity index (χ0n) is 21.2. The fourth-order valence-electron chi connectivity index (χ4n) is 9.07. The maximum atomic E-state index is 13.2. The molecule has 0 radical (unpaired) electrons. The SMILES string of the molecule is CC1=C(C)C(=O)O[C@@H]([C@@H](CO)[C@H]2CC[C@H]3[C@@H]4C[C@@H](O)[C@@]5(O)CC=CC(=O)[C@]5(C)[C@H]4C[C@@H](O)[C@]23C)C1. The van der Waals surface area contributed by atoms with Crippen LogP contribution in [0.15, 0.2) is 23.3 Å². The molecule has 3 saturated carbocycles. The van der Waals surface area contributed by atoms with Gasteiger partial charge in [0.2, 0.25) is 0 Å². The van der Waals surface area contributed by atoms with Crippen LogP contribution in [0.5, 0.6) is 0 Å². The van der Waals surface area contributed by atoms with Crippen molar-refractivity contribution in [2.24, 2.45) is 40.4 Å². The first-order chi connectivity index (χ1) is 16.4. The molecular weight excluding hydrogens is 448 g/mol. The Bertz CT molecular complexity index is 986. The number of ether oxygens (including phenoxy) is 1. The van der Waals surface area contributed by atoms with Crippen molar-refractivity contribution >= 4 is 11.8 Å². The standard InChI is InChI=1S/C28H40O7/c1-14-10-21(35-25(33)15(14)2)17(13-29)19-8-7-18-16-11-24(32)28(34)9-5-6-22(30)27(28,4)20(16)12-23(31)26(18,19)3/h5-6,16-21,23-24,29,31-32,34H,7-13H2,1-4H3/t16-,17-,18-,19+,20-,21+,23+,24+,26-,27-,28-/m0/s1. The molecule has 4 N–H and O–H groups in total. The molecular formula is C28H40O7. The molecule has 0 aromatic heterocycles. The molecule has 7 nitrogen and oxygen atoms in total. The summed E-state index contributed by atoms with van der Waals surface area (Å²) in [5, 5.41) is 44.9. The van der Waals surface area contributed by atoms with Gasteiger partial charge in [-0.3, -0.25) is 4.79 Å². The van der Waals surface area contributed by atoms with E-state index in [1.54, 1.807) is 19.9 Å². The normalized spacial score (nSPS) is 50.3. The fraction of sp³-hybridized carbons (Fsp3) is 0.786. The van der Waals surface area contributed by atoms with Crippen molar-refractivity contribution in [3.8, 4) is 0 Å². The summed E-state index contributed by atoms with van der Waals surface area (Å²) in [6.45, 7) is 7.40. The Labute approximate surface area is 207 Å². The number of aliphatic hydroxyl groups excluding tert-OH is 3. The lowest BCUT2D eigenvalue weighted by Crippen LogP contribution is -2.70. The van der Waals surface area contributed by atoms with Gasteiger partial charge in [-0.15, -0.1) is 0 Å². The third kappa shape index (κ3) is 3.17. The number of rotatable bonds is 3. The molecule has 0 aromatic carbocycles. The molecule has 0 aromatic rings. The van der Waals surface area contributed by atoms with Gasteiger partial charge in [0.15, 0.2) is 5.78 Å². The van der Waals surface area contributed by atoms with E-state index in [1.165, 1.54) is 6.08 Å². The summed E-state index contributed by atoms with van der Waals surface area (Å²) >= 11 is 0. The Hall–Kier alpha value is -1.54. The van der Waals surface area contributed by atoms with Crippen molar-refractivity contribution < 1.29 is 34.8 Å². The van der Waals surface area contributed by atoms with Crippen LogP contribution in [0, 0.1) is 40.4 Å². The van der Waals surface area contributed by atoms with E-state index in [1.807, 2.05) is 6.92 Å². The molecule has 35 heavy (non-hydrogen) atoms. The second-order valence-corrected chi connectivity index (χ2v) is 12.4. The minimum atomic E-state index is -1.53.